The van der Waals surface area contributed by atoms with Crippen LogP contribution < -0.4 is 10.6 Å². The number of carbonyl (C=O) groups is 1. The van der Waals surface area contributed by atoms with Crippen molar-refractivity contribution in [3.8, 4) is 6.07 Å². The predicted molar refractivity (Wildman–Crippen MR) is 100 cm³/mol. The Morgan fingerprint density at radius 3 is 2.19 bits per heavy atom. The van der Waals surface area contributed by atoms with Gasteiger partial charge in [0.15, 0.2) is 0 Å². The largest absolute Gasteiger partial charge is 0.324 e. The molecular formula is C21H18N4O. The van der Waals surface area contributed by atoms with E-state index in [1.807, 2.05) is 66.7 Å². The molecule has 0 aliphatic heterocycles. The summed E-state index contributed by atoms with van der Waals surface area (Å²) >= 11 is 0. The average Bonchev–Trinajstić information content (AvgIpc) is 2.70. The summed E-state index contributed by atoms with van der Waals surface area (Å²) in [6.07, 6.45) is 2.97. The van der Waals surface area contributed by atoms with Crippen LogP contribution in [0.25, 0.3) is 0 Å². The van der Waals surface area contributed by atoms with Gasteiger partial charge in [0.05, 0.1) is 30.0 Å². The van der Waals surface area contributed by atoms with E-state index in [2.05, 4.69) is 15.6 Å². The molecule has 0 unspecified atom stereocenters. The molecule has 128 valence electrons. The second kappa shape index (κ2) is 8.56. The molecule has 2 aromatic carbocycles. The van der Waals surface area contributed by atoms with Crippen LogP contribution in [0.5, 0.6) is 0 Å². The van der Waals surface area contributed by atoms with E-state index < -0.39 is 0 Å². The molecule has 5 heteroatoms. The molecule has 0 radical (unpaired) electrons. The highest BCUT2D eigenvalue weighted by molar-refractivity contribution is 5.92. The smallest absolute Gasteiger partial charge is 0.238 e. The summed E-state index contributed by atoms with van der Waals surface area (Å²) in [6.45, 7) is 0.130. The number of nitrogens with one attached hydrogen (secondary N) is 2. The molecule has 1 heterocycles. The van der Waals surface area contributed by atoms with Crippen molar-refractivity contribution in [1.82, 2.24) is 10.3 Å². The quantitative estimate of drug-likeness (QED) is 0.721. The predicted octanol–water partition coefficient (Wildman–Crippen LogP) is 3.27. The maximum Gasteiger partial charge on any atom is 0.238 e. The lowest BCUT2D eigenvalue weighted by Crippen LogP contribution is -2.32. The Balaban J connectivity index is 1.70. The summed E-state index contributed by atoms with van der Waals surface area (Å²) in [4.78, 5) is 16.2. The number of rotatable bonds is 6. The van der Waals surface area contributed by atoms with Gasteiger partial charge in [0.2, 0.25) is 5.91 Å². The summed E-state index contributed by atoms with van der Waals surface area (Å²) in [7, 11) is 0. The Kier molecular flexibility index (Phi) is 5.71. The van der Waals surface area contributed by atoms with Crippen molar-refractivity contribution in [2.45, 2.75) is 6.04 Å². The lowest BCUT2D eigenvalue weighted by molar-refractivity contribution is -0.115. The van der Waals surface area contributed by atoms with Crippen molar-refractivity contribution in [3.05, 3.63) is 95.8 Å². The molecular weight excluding hydrogens is 324 g/mol. The minimum absolute atomic E-state index is 0.0910. The van der Waals surface area contributed by atoms with Gasteiger partial charge in [-0.05, 0) is 17.2 Å². The van der Waals surface area contributed by atoms with E-state index in [9.17, 15) is 4.79 Å². The number of hydrogen-bond donors (Lipinski definition) is 2. The van der Waals surface area contributed by atoms with Gasteiger partial charge in [0.25, 0.3) is 0 Å². The molecule has 3 aromatic rings. The van der Waals surface area contributed by atoms with Gasteiger partial charge in [-0.2, -0.15) is 5.26 Å². The number of nitriles is 1. The molecule has 2 N–H and O–H groups in total. The molecule has 0 aliphatic rings. The summed E-state index contributed by atoms with van der Waals surface area (Å²) in [5.74, 6) is -0.196. The van der Waals surface area contributed by atoms with Gasteiger partial charge in [-0.3, -0.25) is 15.1 Å². The van der Waals surface area contributed by atoms with Crippen LogP contribution in [0.3, 0.4) is 0 Å². The first kappa shape index (κ1) is 17.3. The van der Waals surface area contributed by atoms with Gasteiger partial charge in [0, 0.05) is 6.20 Å². The molecule has 1 aromatic heterocycles. The van der Waals surface area contributed by atoms with Gasteiger partial charge in [0.1, 0.15) is 6.07 Å². The number of nitrogens with zero attached hydrogens (tertiary/aromatic N) is 2. The zero-order valence-corrected chi connectivity index (χ0v) is 14.1. The molecule has 3 rings (SSSR count). The second-order valence-corrected chi connectivity index (χ2v) is 5.76. The lowest BCUT2D eigenvalue weighted by Gasteiger charge is -2.19. The Bertz CT molecular complexity index is 865. The molecule has 1 amide bonds. The third kappa shape index (κ3) is 4.53. The van der Waals surface area contributed by atoms with E-state index in [1.54, 1.807) is 6.07 Å². The monoisotopic (exact) mass is 342 g/mol. The van der Waals surface area contributed by atoms with E-state index in [1.165, 1.54) is 12.4 Å². The molecule has 0 bridgehead atoms. The van der Waals surface area contributed by atoms with E-state index in [0.717, 1.165) is 11.1 Å². The lowest BCUT2D eigenvalue weighted by atomic mass is 9.99. The van der Waals surface area contributed by atoms with Crippen molar-refractivity contribution in [3.63, 3.8) is 0 Å². The van der Waals surface area contributed by atoms with Crippen molar-refractivity contribution in [1.29, 1.82) is 5.26 Å². The summed E-state index contributed by atoms with van der Waals surface area (Å²) in [5.41, 5.74) is 3.08. The number of benzene rings is 2. The normalized spacial score (nSPS) is 10.3. The highest BCUT2D eigenvalue weighted by Gasteiger charge is 2.14. The fourth-order valence-corrected chi connectivity index (χ4v) is 2.69. The molecule has 0 saturated heterocycles. The third-order valence-electron chi connectivity index (χ3n) is 3.88. The Morgan fingerprint density at radius 2 is 1.62 bits per heavy atom. The number of aromatic nitrogens is 1. The van der Waals surface area contributed by atoms with Gasteiger partial charge in [-0.1, -0.05) is 60.7 Å². The van der Waals surface area contributed by atoms with E-state index in [-0.39, 0.29) is 18.5 Å². The van der Waals surface area contributed by atoms with Crippen molar-refractivity contribution in [2.75, 3.05) is 11.9 Å². The van der Waals surface area contributed by atoms with E-state index in [4.69, 9.17) is 5.26 Å². The van der Waals surface area contributed by atoms with Gasteiger partial charge in [-0.15, -0.1) is 0 Å². The maximum absolute atomic E-state index is 12.3. The minimum atomic E-state index is -0.196. The van der Waals surface area contributed by atoms with Crippen LogP contribution in [0.1, 0.15) is 22.7 Å². The number of hydrogen-bond acceptors (Lipinski definition) is 4. The molecule has 0 fully saturated rings. The Hall–Kier alpha value is -3.49. The first-order valence-corrected chi connectivity index (χ1v) is 8.24. The van der Waals surface area contributed by atoms with Crippen LogP contribution in [-0.4, -0.2) is 17.4 Å². The van der Waals surface area contributed by atoms with Crippen molar-refractivity contribution >= 4 is 11.6 Å². The highest BCUT2D eigenvalue weighted by Crippen LogP contribution is 2.21. The van der Waals surface area contributed by atoms with Crippen LogP contribution in [0, 0.1) is 11.3 Å². The fraction of sp³-hybridized carbons (Fsp3) is 0.0952. The number of carbonyl (C=O) groups excluding carboxylic acids is 1. The van der Waals surface area contributed by atoms with Crippen molar-refractivity contribution < 1.29 is 4.79 Å². The van der Waals surface area contributed by atoms with E-state index in [0.29, 0.717) is 11.3 Å². The highest BCUT2D eigenvalue weighted by atomic mass is 16.1. The number of amides is 1. The second-order valence-electron chi connectivity index (χ2n) is 5.76. The Morgan fingerprint density at radius 1 is 1.00 bits per heavy atom. The number of anilines is 1. The fourth-order valence-electron chi connectivity index (χ4n) is 2.69. The minimum Gasteiger partial charge on any atom is -0.324 e. The SMILES string of the molecule is N#Cc1cncc(NC(=O)CNC(c2ccccc2)c2ccccc2)c1. The molecule has 26 heavy (non-hydrogen) atoms. The van der Waals surface area contributed by atoms with Crippen LogP contribution in [-0.2, 0) is 4.79 Å². The average molecular weight is 342 g/mol. The van der Waals surface area contributed by atoms with Gasteiger partial charge in [-0.25, -0.2) is 0 Å². The zero-order chi connectivity index (χ0) is 18.2. The zero-order valence-electron chi connectivity index (χ0n) is 14.1. The summed E-state index contributed by atoms with van der Waals surface area (Å²) in [6, 6.07) is 23.5. The van der Waals surface area contributed by atoms with Crippen LogP contribution >= 0.6 is 0 Å². The first-order valence-electron chi connectivity index (χ1n) is 8.24. The Labute approximate surface area is 152 Å². The molecule has 0 saturated carbocycles. The topological polar surface area (TPSA) is 77.8 Å². The number of pyridine rings is 1. The summed E-state index contributed by atoms with van der Waals surface area (Å²) < 4.78 is 0. The van der Waals surface area contributed by atoms with Crippen molar-refractivity contribution in [2.24, 2.45) is 0 Å². The summed E-state index contributed by atoms with van der Waals surface area (Å²) in [5, 5.41) is 15.0. The molecule has 5 nitrogen and oxygen atoms in total. The molecule has 0 aliphatic carbocycles. The van der Waals surface area contributed by atoms with Gasteiger partial charge < -0.3 is 5.32 Å². The maximum atomic E-state index is 12.3. The third-order valence-corrected chi connectivity index (χ3v) is 3.88. The van der Waals surface area contributed by atoms with Gasteiger partial charge >= 0.3 is 0 Å². The van der Waals surface area contributed by atoms with Crippen LogP contribution in [0.4, 0.5) is 5.69 Å². The van der Waals surface area contributed by atoms with Crippen LogP contribution in [0.2, 0.25) is 0 Å². The standard InChI is InChI=1S/C21H18N4O/c22-12-16-11-19(14-23-13-16)25-20(26)15-24-21(17-7-3-1-4-8-17)18-9-5-2-6-10-18/h1-11,13-14,21,24H,15H2,(H,25,26). The first-order chi connectivity index (χ1) is 12.8. The molecule has 0 spiro atoms. The van der Waals surface area contributed by atoms with E-state index >= 15 is 0 Å². The van der Waals surface area contributed by atoms with Crippen LogP contribution in [0.15, 0.2) is 79.1 Å². The molecule has 0 atom stereocenters.